The molecule has 1 fully saturated rings. The highest BCUT2D eigenvalue weighted by molar-refractivity contribution is 5.32. The molecule has 2 N–H and O–H groups in total. The normalized spacial score (nSPS) is 19.1. The Morgan fingerprint density at radius 1 is 1.28 bits per heavy atom. The van der Waals surface area contributed by atoms with Crippen molar-refractivity contribution in [1.82, 2.24) is 0 Å². The number of hydrogen-bond donors (Lipinski definition) is 1. The summed E-state index contributed by atoms with van der Waals surface area (Å²) >= 11 is 0. The van der Waals surface area contributed by atoms with Crippen molar-refractivity contribution in [3.8, 4) is 5.75 Å². The van der Waals surface area contributed by atoms with Gasteiger partial charge >= 0.3 is 0 Å². The van der Waals surface area contributed by atoms with E-state index in [4.69, 9.17) is 19.9 Å². The van der Waals surface area contributed by atoms with Crippen molar-refractivity contribution in [2.45, 2.75) is 25.5 Å². The fourth-order valence-electron chi connectivity index (χ4n) is 2.01. The molecule has 4 heteroatoms. The summed E-state index contributed by atoms with van der Waals surface area (Å²) in [6, 6.07) is 7.82. The maximum Gasteiger partial charge on any atom is 0.123 e. The van der Waals surface area contributed by atoms with Crippen molar-refractivity contribution in [3.63, 3.8) is 0 Å². The molecule has 0 spiro atoms. The highest BCUT2D eigenvalue weighted by Gasteiger charge is 2.14. The molecule has 0 bridgehead atoms. The number of benzene rings is 1. The fraction of sp³-hybridized carbons (Fsp3) is 0.571. The van der Waals surface area contributed by atoms with Crippen molar-refractivity contribution in [2.75, 3.05) is 26.4 Å². The van der Waals surface area contributed by atoms with Crippen LogP contribution in [-0.2, 0) is 16.0 Å². The van der Waals surface area contributed by atoms with Crippen molar-refractivity contribution in [1.29, 1.82) is 0 Å². The number of para-hydroxylation sites is 1. The molecule has 1 saturated heterocycles. The lowest BCUT2D eigenvalue weighted by Gasteiger charge is -2.12. The van der Waals surface area contributed by atoms with E-state index in [9.17, 15) is 0 Å². The first kappa shape index (κ1) is 13.3. The smallest absolute Gasteiger partial charge is 0.123 e. The molecule has 0 saturated carbocycles. The average molecular weight is 251 g/mol. The van der Waals surface area contributed by atoms with E-state index >= 15 is 0 Å². The highest BCUT2D eigenvalue weighted by atomic mass is 16.5. The van der Waals surface area contributed by atoms with E-state index in [1.807, 2.05) is 24.3 Å². The van der Waals surface area contributed by atoms with Gasteiger partial charge < -0.3 is 19.9 Å². The molecule has 1 unspecified atom stereocenters. The Balaban J connectivity index is 1.62. The van der Waals surface area contributed by atoms with Crippen LogP contribution in [0, 0.1) is 0 Å². The van der Waals surface area contributed by atoms with Crippen LogP contribution in [0.1, 0.15) is 18.4 Å². The molecular weight excluding hydrogens is 230 g/mol. The molecule has 1 aliphatic rings. The van der Waals surface area contributed by atoms with Crippen LogP contribution in [0.25, 0.3) is 0 Å². The monoisotopic (exact) mass is 251 g/mol. The van der Waals surface area contributed by atoms with Gasteiger partial charge in [-0.25, -0.2) is 0 Å². The van der Waals surface area contributed by atoms with Crippen LogP contribution in [0.3, 0.4) is 0 Å². The quantitative estimate of drug-likeness (QED) is 0.750. The summed E-state index contributed by atoms with van der Waals surface area (Å²) in [5.74, 6) is 0.848. The van der Waals surface area contributed by atoms with Gasteiger partial charge in [0, 0.05) is 18.7 Å². The van der Waals surface area contributed by atoms with Crippen LogP contribution in [0.5, 0.6) is 5.75 Å². The summed E-state index contributed by atoms with van der Waals surface area (Å²) < 4.78 is 16.7. The highest BCUT2D eigenvalue weighted by Crippen LogP contribution is 2.17. The van der Waals surface area contributed by atoms with Gasteiger partial charge in [0.05, 0.1) is 19.3 Å². The Bertz CT molecular complexity index is 351. The van der Waals surface area contributed by atoms with E-state index in [1.54, 1.807) is 0 Å². The van der Waals surface area contributed by atoms with E-state index in [0.29, 0.717) is 26.4 Å². The van der Waals surface area contributed by atoms with Gasteiger partial charge in [-0.3, -0.25) is 0 Å². The topological polar surface area (TPSA) is 53.7 Å². The van der Waals surface area contributed by atoms with Gasteiger partial charge in [0.1, 0.15) is 12.4 Å². The van der Waals surface area contributed by atoms with E-state index in [-0.39, 0.29) is 6.10 Å². The van der Waals surface area contributed by atoms with Gasteiger partial charge in [-0.05, 0) is 18.9 Å². The fourth-order valence-corrected chi connectivity index (χ4v) is 2.01. The maximum atomic E-state index is 5.65. The minimum Gasteiger partial charge on any atom is -0.491 e. The van der Waals surface area contributed by atoms with Crippen molar-refractivity contribution >= 4 is 0 Å². The van der Waals surface area contributed by atoms with Crippen molar-refractivity contribution in [3.05, 3.63) is 29.8 Å². The summed E-state index contributed by atoms with van der Waals surface area (Å²) in [4.78, 5) is 0. The SMILES string of the molecule is NCc1ccccc1OCCOCC1CCCO1. The molecule has 0 amide bonds. The zero-order valence-electron chi connectivity index (χ0n) is 10.6. The molecule has 1 heterocycles. The standard InChI is InChI=1S/C14H21NO3/c15-10-12-4-1-2-6-14(12)18-9-8-16-11-13-5-3-7-17-13/h1-2,4,6,13H,3,5,7-11,15H2. The van der Waals surface area contributed by atoms with Crippen molar-refractivity contribution < 1.29 is 14.2 Å². The summed E-state index contributed by atoms with van der Waals surface area (Å²) in [6.07, 6.45) is 2.53. The van der Waals surface area contributed by atoms with Gasteiger partial charge in [0.2, 0.25) is 0 Å². The van der Waals surface area contributed by atoms with Gasteiger partial charge in [-0.15, -0.1) is 0 Å². The first-order chi connectivity index (χ1) is 8.90. The molecule has 18 heavy (non-hydrogen) atoms. The molecule has 1 aromatic carbocycles. The number of rotatable bonds is 7. The maximum absolute atomic E-state index is 5.65. The third-order valence-corrected chi connectivity index (χ3v) is 3.01. The summed E-state index contributed by atoms with van der Waals surface area (Å²) in [5, 5.41) is 0. The molecule has 0 aromatic heterocycles. The Morgan fingerprint density at radius 2 is 2.17 bits per heavy atom. The summed E-state index contributed by atoms with van der Waals surface area (Å²) in [7, 11) is 0. The van der Waals surface area contributed by atoms with E-state index < -0.39 is 0 Å². The third kappa shape index (κ3) is 3.98. The molecular formula is C14H21NO3. The second-order valence-electron chi connectivity index (χ2n) is 4.37. The molecule has 1 aliphatic heterocycles. The molecule has 1 atom stereocenters. The van der Waals surface area contributed by atoms with Crippen LogP contribution in [0.15, 0.2) is 24.3 Å². The first-order valence-corrected chi connectivity index (χ1v) is 6.50. The van der Waals surface area contributed by atoms with Crippen molar-refractivity contribution in [2.24, 2.45) is 5.73 Å². The lowest BCUT2D eigenvalue weighted by Crippen LogP contribution is -2.17. The zero-order valence-corrected chi connectivity index (χ0v) is 10.6. The van der Waals surface area contributed by atoms with Crippen LogP contribution < -0.4 is 10.5 Å². The van der Waals surface area contributed by atoms with Gasteiger partial charge in [0.25, 0.3) is 0 Å². The largest absolute Gasteiger partial charge is 0.491 e. The summed E-state index contributed by atoms with van der Waals surface area (Å²) in [5.41, 5.74) is 6.66. The van der Waals surface area contributed by atoms with Crippen LogP contribution in [-0.4, -0.2) is 32.5 Å². The number of ether oxygens (including phenoxy) is 3. The molecule has 1 aromatic rings. The molecule has 0 aliphatic carbocycles. The minimum atomic E-state index is 0.279. The molecule has 4 nitrogen and oxygen atoms in total. The molecule has 2 rings (SSSR count). The van der Waals surface area contributed by atoms with E-state index in [1.165, 1.54) is 0 Å². The second kappa shape index (κ2) is 7.36. The van der Waals surface area contributed by atoms with Crippen LogP contribution >= 0.6 is 0 Å². The Kier molecular flexibility index (Phi) is 5.45. The summed E-state index contributed by atoms with van der Waals surface area (Å²) in [6.45, 7) is 3.16. The van der Waals surface area contributed by atoms with Gasteiger partial charge in [-0.1, -0.05) is 18.2 Å². The minimum absolute atomic E-state index is 0.279. The average Bonchev–Trinajstić information content (AvgIpc) is 2.92. The van der Waals surface area contributed by atoms with Gasteiger partial charge in [-0.2, -0.15) is 0 Å². The third-order valence-electron chi connectivity index (χ3n) is 3.01. The van der Waals surface area contributed by atoms with Gasteiger partial charge in [0.15, 0.2) is 0 Å². The Hall–Kier alpha value is -1.10. The first-order valence-electron chi connectivity index (χ1n) is 6.50. The van der Waals surface area contributed by atoms with E-state index in [2.05, 4.69) is 0 Å². The van der Waals surface area contributed by atoms with Crippen LogP contribution in [0.4, 0.5) is 0 Å². The lowest BCUT2D eigenvalue weighted by molar-refractivity contribution is 0.00846. The lowest BCUT2D eigenvalue weighted by atomic mass is 10.2. The van der Waals surface area contributed by atoms with Crippen LogP contribution in [0.2, 0.25) is 0 Å². The number of nitrogens with two attached hydrogens (primary N) is 1. The van der Waals surface area contributed by atoms with E-state index in [0.717, 1.165) is 30.8 Å². The Morgan fingerprint density at radius 3 is 2.94 bits per heavy atom. The predicted molar refractivity (Wildman–Crippen MR) is 69.6 cm³/mol. The number of hydrogen-bond acceptors (Lipinski definition) is 4. The predicted octanol–water partition coefficient (Wildman–Crippen LogP) is 1.72. The zero-order chi connectivity index (χ0) is 12.6. The molecule has 0 radical (unpaired) electrons. The second-order valence-corrected chi connectivity index (χ2v) is 4.37. The molecule has 100 valence electrons. The Labute approximate surface area is 108 Å².